The second-order valence-corrected chi connectivity index (χ2v) is 7.72. The first-order chi connectivity index (χ1) is 12.5. The van der Waals surface area contributed by atoms with Gasteiger partial charge in [0.2, 0.25) is 0 Å². The van der Waals surface area contributed by atoms with E-state index >= 15 is 0 Å². The molecule has 0 aromatic heterocycles. The number of allylic oxidation sites excluding steroid dienone is 1. The van der Waals surface area contributed by atoms with Crippen LogP contribution in [0.4, 0.5) is 0 Å². The molecular weight excluding hydrogens is 314 g/mol. The zero-order chi connectivity index (χ0) is 18.7. The molecule has 1 heteroatoms. The molecule has 0 N–H and O–H groups in total. The molecule has 1 nitrogen and oxygen atoms in total. The number of hydrogen-bond acceptors (Lipinski definition) is 1. The number of aryl methyl sites for hydroxylation is 4. The van der Waals surface area contributed by atoms with E-state index in [9.17, 15) is 0 Å². The molecular formula is C25H31N. The summed E-state index contributed by atoms with van der Waals surface area (Å²) < 4.78 is 0. The van der Waals surface area contributed by atoms with Gasteiger partial charge in [-0.2, -0.15) is 0 Å². The average Bonchev–Trinajstić information content (AvgIpc) is 2.67. The topological polar surface area (TPSA) is 12.4 Å². The zero-order valence-electron chi connectivity index (χ0n) is 16.7. The van der Waals surface area contributed by atoms with Crippen LogP contribution in [-0.2, 0) is 19.3 Å². The number of benzene rings is 2. The summed E-state index contributed by atoms with van der Waals surface area (Å²) in [4.78, 5) is 4.36. The third-order valence-electron chi connectivity index (χ3n) is 6.12. The highest BCUT2D eigenvalue weighted by atomic mass is 14.7. The van der Waals surface area contributed by atoms with E-state index in [4.69, 9.17) is 0 Å². The Hall–Kier alpha value is -2.15. The molecule has 0 spiro atoms. The summed E-state index contributed by atoms with van der Waals surface area (Å²) in [6, 6.07) is 13.9. The minimum Gasteiger partial charge on any atom is -0.293 e. The Morgan fingerprint density at radius 3 is 2.54 bits per heavy atom. The van der Waals surface area contributed by atoms with Crippen LogP contribution < -0.4 is 0 Å². The lowest BCUT2D eigenvalue weighted by molar-refractivity contribution is 0.471. The molecule has 0 fully saturated rings. The number of rotatable bonds is 5. The molecule has 0 bridgehead atoms. The molecule has 2 aromatic carbocycles. The number of hydrogen-bond donors (Lipinski definition) is 0. The van der Waals surface area contributed by atoms with Crippen molar-refractivity contribution in [3.63, 3.8) is 0 Å². The Kier molecular flexibility index (Phi) is 5.76. The standard InChI is InChI=1S/C25H31N/c1-6-22-12-13-23-15-20(11-14-24(23)18(22)3)9-10-21-8-7-17(2)25(16-21)19(4)26-5/h6-8,11,14-16,18,22H,1,9-10,12-13H2,2-5H3/b26-19-. The van der Waals surface area contributed by atoms with Gasteiger partial charge in [-0.3, -0.25) is 4.99 Å². The van der Waals surface area contributed by atoms with Crippen LogP contribution in [0.3, 0.4) is 0 Å². The van der Waals surface area contributed by atoms with Crippen LogP contribution in [0.15, 0.2) is 54.0 Å². The SMILES string of the molecule is C=CC1CCc2cc(CCc3ccc(C)c(/C(C)=N\C)c3)ccc2C1C. The quantitative estimate of drug-likeness (QED) is 0.460. The van der Waals surface area contributed by atoms with Crippen molar-refractivity contribution in [2.75, 3.05) is 7.05 Å². The van der Waals surface area contributed by atoms with E-state index in [1.807, 2.05) is 7.05 Å². The minimum atomic E-state index is 0.598. The van der Waals surface area contributed by atoms with Crippen molar-refractivity contribution in [1.82, 2.24) is 0 Å². The average molecular weight is 346 g/mol. The number of nitrogens with zero attached hydrogens (tertiary/aromatic N) is 1. The van der Waals surface area contributed by atoms with Gasteiger partial charge in [-0.1, -0.05) is 43.3 Å². The van der Waals surface area contributed by atoms with Crippen molar-refractivity contribution in [2.45, 2.75) is 52.4 Å². The molecule has 0 heterocycles. The van der Waals surface area contributed by atoms with E-state index in [1.54, 1.807) is 5.56 Å². The summed E-state index contributed by atoms with van der Waals surface area (Å²) in [5, 5.41) is 0. The predicted molar refractivity (Wildman–Crippen MR) is 114 cm³/mol. The van der Waals surface area contributed by atoms with Crippen LogP contribution in [0.5, 0.6) is 0 Å². The van der Waals surface area contributed by atoms with Gasteiger partial charge in [-0.25, -0.2) is 0 Å². The molecule has 2 aromatic rings. The highest BCUT2D eigenvalue weighted by Gasteiger charge is 2.23. The molecule has 0 aliphatic heterocycles. The van der Waals surface area contributed by atoms with Gasteiger partial charge < -0.3 is 0 Å². The summed E-state index contributed by atoms with van der Waals surface area (Å²) in [6.45, 7) is 10.6. The van der Waals surface area contributed by atoms with Crippen LogP contribution in [0.2, 0.25) is 0 Å². The van der Waals surface area contributed by atoms with Crippen molar-refractivity contribution in [2.24, 2.45) is 10.9 Å². The summed E-state index contributed by atoms with van der Waals surface area (Å²) in [7, 11) is 1.87. The largest absolute Gasteiger partial charge is 0.293 e. The molecule has 0 radical (unpaired) electrons. The van der Waals surface area contributed by atoms with Gasteiger partial charge in [-0.15, -0.1) is 6.58 Å². The fourth-order valence-electron chi connectivity index (χ4n) is 4.22. The maximum absolute atomic E-state index is 4.36. The van der Waals surface area contributed by atoms with Crippen LogP contribution in [0, 0.1) is 12.8 Å². The maximum atomic E-state index is 4.36. The monoisotopic (exact) mass is 345 g/mol. The van der Waals surface area contributed by atoms with Gasteiger partial charge in [0.15, 0.2) is 0 Å². The number of fused-ring (bicyclic) bond motifs is 1. The first-order valence-corrected chi connectivity index (χ1v) is 9.81. The molecule has 0 saturated heterocycles. The lowest BCUT2D eigenvalue weighted by Gasteiger charge is -2.29. The second kappa shape index (κ2) is 8.03. The minimum absolute atomic E-state index is 0.598. The van der Waals surface area contributed by atoms with E-state index in [0.717, 1.165) is 18.6 Å². The van der Waals surface area contributed by atoms with Crippen LogP contribution in [-0.4, -0.2) is 12.8 Å². The van der Waals surface area contributed by atoms with Crippen LogP contribution >= 0.6 is 0 Å². The Morgan fingerprint density at radius 1 is 1.15 bits per heavy atom. The van der Waals surface area contributed by atoms with Crippen molar-refractivity contribution in [1.29, 1.82) is 0 Å². The van der Waals surface area contributed by atoms with Gasteiger partial charge in [-0.05, 0) is 90.8 Å². The molecule has 2 atom stereocenters. The Bertz CT molecular complexity index is 828. The smallest absolute Gasteiger partial charge is 0.0388 e. The molecule has 3 rings (SSSR count). The van der Waals surface area contributed by atoms with Gasteiger partial charge in [0.1, 0.15) is 0 Å². The first kappa shape index (κ1) is 18.6. The van der Waals surface area contributed by atoms with E-state index < -0.39 is 0 Å². The van der Waals surface area contributed by atoms with Crippen LogP contribution in [0.1, 0.15) is 59.6 Å². The van der Waals surface area contributed by atoms with Crippen molar-refractivity contribution < 1.29 is 0 Å². The van der Waals surface area contributed by atoms with Gasteiger partial charge in [0.05, 0.1) is 0 Å². The van der Waals surface area contributed by atoms with Crippen molar-refractivity contribution >= 4 is 5.71 Å². The van der Waals surface area contributed by atoms with Crippen molar-refractivity contribution in [3.8, 4) is 0 Å². The maximum Gasteiger partial charge on any atom is 0.0388 e. The molecule has 1 aliphatic rings. The fraction of sp³-hybridized carbons (Fsp3) is 0.400. The Labute approximate surface area is 158 Å². The van der Waals surface area contributed by atoms with E-state index in [0.29, 0.717) is 11.8 Å². The van der Waals surface area contributed by atoms with Gasteiger partial charge >= 0.3 is 0 Å². The lowest BCUT2D eigenvalue weighted by atomic mass is 9.75. The summed E-state index contributed by atoms with van der Waals surface area (Å²) in [5.41, 5.74) is 9.62. The van der Waals surface area contributed by atoms with Crippen LogP contribution in [0.25, 0.3) is 0 Å². The highest BCUT2D eigenvalue weighted by molar-refractivity contribution is 6.00. The second-order valence-electron chi connectivity index (χ2n) is 7.72. The predicted octanol–water partition coefficient (Wildman–Crippen LogP) is 6.07. The lowest BCUT2D eigenvalue weighted by Crippen LogP contribution is -2.17. The Balaban J connectivity index is 1.74. The molecule has 0 saturated carbocycles. The highest BCUT2D eigenvalue weighted by Crippen LogP contribution is 2.37. The third-order valence-corrected chi connectivity index (χ3v) is 6.12. The van der Waals surface area contributed by atoms with Gasteiger partial charge in [0, 0.05) is 12.8 Å². The summed E-state index contributed by atoms with van der Waals surface area (Å²) in [5.74, 6) is 1.23. The summed E-state index contributed by atoms with van der Waals surface area (Å²) in [6.07, 6.45) is 6.73. The van der Waals surface area contributed by atoms with E-state index in [1.165, 1.54) is 40.7 Å². The van der Waals surface area contributed by atoms with E-state index in [-0.39, 0.29) is 0 Å². The summed E-state index contributed by atoms with van der Waals surface area (Å²) >= 11 is 0. The first-order valence-electron chi connectivity index (χ1n) is 9.81. The van der Waals surface area contributed by atoms with Crippen molar-refractivity contribution in [3.05, 3.63) is 82.4 Å². The molecule has 0 amide bonds. The van der Waals surface area contributed by atoms with E-state index in [2.05, 4.69) is 74.8 Å². The molecule has 1 aliphatic carbocycles. The molecule has 26 heavy (non-hydrogen) atoms. The number of aliphatic imine (C=N–C) groups is 1. The Morgan fingerprint density at radius 2 is 1.85 bits per heavy atom. The zero-order valence-corrected chi connectivity index (χ0v) is 16.7. The third kappa shape index (κ3) is 3.82. The normalized spacial score (nSPS) is 19.9. The molecule has 136 valence electrons. The fourth-order valence-corrected chi connectivity index (χ4v) is 4.22. The molecule has 2 unspecified atom stereocenters. The van der Waals surface area contributed by atoms with Gasteiger partial charge in [0.25, 0.3) is 0 Å².